The maximum absolute atomic E-state index is 12.8. The predicted molar refractivity (Wildman–Crippen MR) is 137 cm³/mol. The maximum atomic E-state index is 12.8. The first-order chi connectivity index (χ1) is 14.7. The molecule has 1 heterocycles. The molecule has 2 amide bonds. The molecule has 0 saturated carbocycles. The van der Waals surface area contributed by atoms with Gasteiger partial charge in [0.15, 0.2) is 0 Å². The first-order valence-corrected chi connectivity index (χ1v) is 12.3. The summed E-state index contributed by atoms with van der Waals surface area (Å²) in [4.78, 5) is 38.1. The molecule has 1 aliphatic rings. The summed E-state index contributed by atoms with van der Waals surface area (Å²) in [6.45, 7) is 3.39. The summed E-state index contributed by atoms with van der Waals surface area (Å²) in [5.41, 5.74) is 1.72. The Balaban J connectivity index is 1.84. The lowest BCUT2D eigenvalue weighted by Crippen LogP contribution is -2.35. The molecular formula is C22H19I2NO5S. The largest absolute Gasteiger partial charge is 0.487 e. The molecule has 0 aromatic heterocycles. The molecule has 9 heteroatoms. The topological polar surface area (TPSA) is 72.9 Å². The summed E-state index contributed by atoms with van der Waals surface area (Å²) < 4.78 is 13.0. The van der Waals surface area contributed by atoms with Crippen LogP contribution in [0.2, 0.25) is 0 Å². The van der Waals surface area contributed by atoms with E-state index in [0.29, 0.717) is 17.9 Å². The zero-order chi connectivity index (χ0) is 22.5. The van der Waals surface area contributed by atoms with Crippen molar-refractivity contribution in [3.8, 4) is 5.75 Å². The van der Waals surface area contributed by atoms with E-state index < -0.39 is 23.7 Å². The number of rotatable bonds is 7. The van der Waals surface area contributed by atoms with Gasteiger partial charge in [-0.05, 0) is 94.6 Å². The molecule has 6 nitrogen and oxygen atoms in total. The number of halogens is 2. The molecule has 1 aliphatic heterocycles. The van der Waals surface area contributed by atoms with Crippen LogP contribution in [0.25, 0.3) is 6.08 Å². The Morgan fingerprint density at radius 1 is 1.16 bits per heavy atom. The smallest absolute Gasteiger partial charge is 0.326 e. The van der Waals surface area contributed by atoms with Crippen molar-refractivity contribution in [2.45, 2.75) is 26.6 Å². The number of carbonyl (C=O) groups is 3. The van der Waals surface area contributed by atoms with Crippen LogP contribution in [0.5, 0.6) is 5.75 Å². The van der Waals surface area contributed by atoms with Gasteiger partial charge in [-0.2, -0.15) is 0 Å². The van der Waals surface area contributed by atoms with Gasteiger partial charge in [-0.3, -0.25) is 19.3 Å². The molecule has 162 valence electrons. The average Bonchev–Trinajstić information content (AvgIpc) is 2.95. The van der Waals surface area contributed by atoms with E-state index in [4.69, 9.17) is 9.47 Å². The van der Waals surface area contributed by atoms with E-state index in [2.05, 4.69) is 45.2 Å². The molecule has 2 aromatic carbocycles. The van der Waals surface area contributed by atoms with E-state index in [1.165, 1.54) is 0 Å². The fraction of sp³-hybridized carbons (Fsp3) is 0.227. The van der Waals surface area contributed by atoms with Crippen molar-refractivity contribution < 1.29 is 23.9 Å². The number of hydrogen-bond donors (Lipinski definition) is 0. The summed E-state index contributed by atoms with van der Waals surface area (Å²) >= 11 is 5.19. The van der Waals surface area contributed by atoms with Gasteiger partial charge in [-0.25, -0.2) is 0 Å². The molecule has 1 fully saturated rings. The Morgan fingerprint density at radius 3 is 2.55 bits per heavy atom. The SMILES string of the molecule is CC(C)OC(=O)CN1C(=O)S/C(=C\c2cc(I)cc(I)c2OCc2ccccc2)C1=O. The minimum absolute atomic E-state index is 0.240. The minimum atomic E-state index is -0.616. The van der Waals surface area contributed by atoms with Crippen LogP contribution in [0.3, 0.4) is 0 Å². The van der Waals surface area contributed by atoms with Crippen molar-refractivity contribution in [1.29, 1.82) is 0 Å². The second-order valence-corrected chi connectivity index (χ2v) is 10.3. The normalized spacial score (nSPS) is 15.1. The van der Waals surface area contributed by atoms with Crippen LogP contribution >= 0.6 is 56.9 Å². The Morgan fingerprint density at radius 2 is 1.87 bits per heavy atom. The Labute approximate surface area is 212 Å². The highest BCUT2D eigenvalue weighted by molar-refractivity contribution is 14.1. The highest BCUT2D eigenvalue weighted by Gasteiger charge is 2.37. The monoisotopic (exact) mass is 663 g/mol. The van der Waals surface area contributed by atoms with Gasteiger partial charge < -0.3 is 9.47 Å². The number of hydrogen-bond acceptors (Lipinski definition) is 6. The quantitative estimate of drug-likeness (QED) is 0.223. The van der Waals surface area contributed by atoms with Crippen LogP contribution in [-0.2, 0) is 20.9 Å². The number of benzene rings is 2. The summed E-state index contributed by atoms with van der Waals surface area (Å²) in [7, 11) is 0. The molecule has 0 spiro atoms. The molecule has 0 N–H and O–H groups in total. The third kappa shape index (κ3) is 6.45. The first-order valence-electron chi connectivity index (χ1n) is 9.35. The lowest BCUT2D eigenvalue weighted by Gasteiger charge is -2.14. The van der Waals surface area contributed by atoms with Crippen LogP contribution in [0.15, 0.2) is 47.4 Å². The van der Waals surface area contributed by atoms with E-state index in [9.17, 15) is 14.4 Å². The molecule has 1 saturated heterocycles. The lowest BCUT2D eigenvalue weighted by atomic mass is 10.1. The van der Waals surface area contributed by atoms with Crippen molar-refractivity contribution in [2.24, 2.45) is 0 Å². The van der Waals surface area contributed by atoms with Crippen molar-refractivity contribution in [3.05, 3.63) is 65.6 Å². The van der Waals surface area contributed by atoms with Gasteiger partial charge in [0.1, 0.15) is 18.9 Å². The van der Waals surface area contributed by atoms with Crippen molar-refractivity contribution in [1.82, 2.24) is 4.90 Å². The number of esters is 1. The molecule has 0 unspecified atom stereocenters. The molecule has 0 atom stereocenters. The molecular weight excluding hydrogens is 644 g/mol. The lowest BCUT2D eigenvalue weighted by molar-refractivity contribution is -0.149. The van der Waals surface area contributed by atoms with Crippen molar-refractivity contribution in [3.63, 3.8) is 0 Å². The molecule has 2 aromatic rings. The van der Waals surface area contributed by atoms with Gasteiger partial charge in [-0.1, -0.05) is 30.3 Å². The highest BCUT2D eigenvalue weighted by atomic mass is 127. The van der Waals surface area contributed by atoms with Gasteiger partial charge >= 0.3 is 5.97 Å². The molecule has 0 radical (unpaired) electrons. The zero-order valence-corrected chi connectivity index (χ0v) is 21.9. The first kappa shape index (κ1) is 24.1. The zero-order valence-electron chi connectivity index (χ0n) is 16.8. The van der Waals surface area contributed by atoms with Gasteiger partial charge in [0, 0.05) is 9.13 Å². The van der Waals surface area contributed by atoms with E-state index in [0.717, 1.165) is 29.4 Å². The number of ether oxygens (including phenoxy) is 2. The summed E-state index contributed by atoms with van der Waals surface area (Å²) in [5.74, 6) is -0.497. The average molecular weight is 663 g/mol. The Hall–Kier alpha value is -1.60. The third-order valence-corrected chi connectivity index (χ3v) is 6.41. The molecule has 0 aliphatic carbocycles. The number of nitrogens with zero attached hydrogens (tertiary/aromatic N) is 1. The van der Waals surface area contributed by atoms with Crippen molar-refractivity contribution in [2.75, 3.05) is 6.54 Å². The van der Waals surface area contributed by atoms with Crippen molar-refractivity contribution >= 4 is 80.1 Å². The van der Waals surface area contributed by atoms with Crippen LogP contribution < -0.4 is 4.74 Å². The second kappa shape index (κ2) is 10.8. The Kier molecular flexibility index (Phi) is 8.39. The summed E-state index contributed by atoms with van der Waals surface area (Å²) in [5, 5.41) is -0.496. The van der Waals surface area contributed by atoms with Crippen LogP contribution in [0, 0.1) is 7.14 Å². The van der Waals surface area contributed by atoms with Gasteiger partial charge in [0.2, 0.25) is 0 Å². The Bertz CT molecular complexity index is 1040. The number of thioether (sulfide) groups is 1. The number of carbonyl (C=O) groups excluding carboxylic acids is 3. The summed E-state index contributed by atoms with van der Waals surface area (Å²) in [6.07, 6.45) is 1.32. The summed E-state index contributed by atoms with van der Waals surface area (Å²) in [6, 6.07) is 13.6. The molecule has 0 bridgehead atoms. The van der Waals surface area contributed by atoms with Gasteiger partial charge in [-0.15, -0.1) is 0 Å². The van der Waals surface area contributed by atoms with Crippen LogP contribution in [0.4, 0.5) is 4.79 Å². The van der Waals surface area contributed by atoms with Crippen LogP contribution in [-0.4, -0.2) is 34.7 Å². The van der Waals surface area contributed by atoms with Gasteiger partial charge in [0.05, 0.1) is 14.6 Å². The number of amides is 2. The minimum Gasteiger partial charge on any atom is -0.487 e. The maximum Gasteiger partial charge on any atom is 0.326 e. The second-order valence-electron chi connectivity index (χ2n) is 6.89. The van der Waals surface area contributed by atoms with Gasteiger partial charge in [0.25, 0.3) is 11.1 Å². The standard InChI is InChI=1S/C22H19I2NO5S/c1-13(2)30-19(26)11-25-21(27)18(31-22(25)28)9-15-8-16(23)10-17(24)20(15)29-12-14-6-4-3-5-7-14/h3-10,13H,11-12H2,1-2H3/b18-9-. The predicted octanol–water partition coefficient (Wildman–Crippen LogP) is 5.46. The third-order valence-electron chi connectivity index (χ3n) is 4.08. The highest BCUT2D eigenvalue weighted by Crippen LogP contribution is 2.36. The van der Waals surface area contributed by atoms with E-state index >= 15 is 0 Å². The number of imide groups is 1. The van der Waals surface area contributed by atoms with E-state index in [1.54, 1.807) is 19.9 Å². The van der Waals surface area contributed by atoms with E-state index in [-0.39, 0.29) is 11.0 Å². The molecule has 3 rings (SSSR count). The fourth-order valence-electron chi connectivity index (χ4n) is 2.78. The van der Waals surface area contributed by atoms with Crippen LogP contribution in [0.1, 0.15) is 25.0 Å². The molecule has 31 heavy (non-hydrogen) atoms. The van der Waals surface area contributed by atoms with E-state index in [1.807, 2.05) is 42.5 Å². The fourth-order valence-corrected chi connectivity index (χ4v) is 5.65.